The molecule has 2 amide bonds. The van der Waals surface area contributed by atoms with Crippen LogP contribution in [0.1, 0.15) is 18.4 Å². The lowest BCUT2D eigenvalue weighted by Crippen LogP contribution is -2.54. The second kappa shape index (κ2) is 10.2. The molecule has 2 atom stereocenters. The van der Waals surface area contributed by atoms with Crippen molar-refractivity contribution in [2.24, 2.45) is 7.05 Å². The van der Waals surface area contributed by atoms with Gasteiger partial charge < -0.3 is 20.3 Å². The van der Waals surface area contributed by atoms with Crippen molar-refractivity contribution in [2.45, 2.75) is 31.3 Å². The molecule has 1 saturated heterocycles. The van der Waals surface area contributed by atoms with E-state index >= 15 is 0 Å². The summed E-state index contributed by atoms with van der Waals surface area (Å²) >= 11 is 0. The normalized spacial score (nSPS) is 17.0. The number of rotatable bonds is 8. The molecule has 0 aliphatic carbocycles. The lowest BCUT2D eigenvalue weighted by atomic mass is 10.0. The first kappa shape index (κ1) is 23.2. The van der Waals surface area contributed by atoms with Crippen molar-refractivity contribution < 1.29 is 24.5 Å². The molecule has 32 heavy (non-hydrogen) atoms. The summed E-state index contributed by atoms with van der Waals surface area (Å²) < 4.78 is 6.45. The van der Waals surface area contributed by atoms with Crippen LogP contribution in [0.25, 0.3) is 11.1 Å². The van der Waals surface area contributed by atoms with Gasteiger partial charge in [-0.1, -0.05) is 24.3 Å². The molecular formula is C21H27N5O6. The van der Waals surface area contributed by atoms with Crippen LogP contribution in [-0.2, 0) is 18.3 Å². The fourth-order valence-corrected chi connectivity index (χ4v) is 3.68. The van der Waals surface area contributed by atoms with Crippen LogP contribution in [0.2, 0.25) is 0 Å². The number of carbonyl (C=O) groups excluding carboxylic acids is 1. The van der Waals surface area contributed by atoms with Gasteiger partial charge in [-0.25, -0.2) is 19.3 Å². The first-order valence-electron chi connectivity index (χ1n) is 10.2. The fraction of sp³-hybridized carbons (Fsp3) is 0.429. The Morgan fingerprint density at radius 1 is 1.31 bits per heavy atom. The van der Waals surface area contributed by atoms with Crippen molar-refractivity contribution >= 4 is 12.0 Å². The summed E-state index contributed by atoms with van der Waals surface area (Å²) in [5.74, 6) is -0.834. The highest BCUT2D eigenvalue weighted by Gasteiger charge is 2.27. The highest BCUT2D eigenvalue weighted by molar-refractivity contribution is 5.82. The van der Waals surface area contributed by atoms with Crippen LogP contribution in [0.15, 0.2) is 35.3 Å². The summed E-state index contributed by atoms with van der Waals surface area (Å²) in [6.07, 6.45) is 3.11. The molecule has 1 aliphatic rings. The van der Waals surface area contributed by atoms with E-state index in [9.17, 15) is 24.6 Å². The Kier molecular flexibility index (Phi) is 7.44. The van der Waals surface area contributed by atoms with Gasteiger partial charge in [0.25, 0.3) is 5.56 Å². The first-order valence-corrected chi connectivity index (χ1v) is 10.2. The number of benzene rings is 1. The fourth-order valence-electron chi connectivity index (χ4n) is 3.68. The van der Waals surface area contributed by atoms with Gasteiger partial charge in [-0.15, -0.1) is 0 Å². The van der Waals surface area contributed by atoms with E-state index in [2.05, 4.69) is 15.8 Å². The number of nitrogens with zero attached hydrogens (tertiary/aromatic N) is 3. The maximum Gasteiger partial charge on any atom is 0.330 e. The van der Waals surface area contributed by atoms with Gasteiger partial charge in [0.2, 0.25) is 0 Å². The molecule has 11 heteroatoms. The molecule has 3 rings (SSSR count). The van der Waals surface area contributed by atoms with Gasteiger partial charge >= 0.3 is 12.0 Å². The maximum atomic E-state index is 12.5. The highest BCUT2D eigenvalue weighted by atomic mass is 16.5. The van der Waals surface area contributed by atoms with Gasteiger partial charge in [-0.3, -0.25) is 10.2 Å². The molecular weight excluding hydrogens is 418 g/mol. The molecule has 1 aromatic carbocycles. The second-order valence-electron chi connectivity index (χ2n) is 7.57. The Balaban J connectivity index is 1.70. The topological polar surface area (TPSA) is 146 Å². The number of aryl methyl sites for hydroxylation is 1. The average Bonchev–Trinajstić information content (AvgIpc) is 3.22. The number of hydrogen-bond donors (Lipinski definition) is 4. The van der Waals surface area contributed by atoms with E-state index in [1.54, 1.807) is 36.3 Å². The van der Waals surface area contributed by atoms with E-state index in [4.69, 9.17) is 4.74 Å². The highest BCUT2D eigenvalue weighted by Crippen LogP contribution is 2.25. The smallest absolute Gasteiger partial charge is 0.330 e. The Bertz CT molecular complexity index is 1020. The predicted octanol–water partition coefficient (Wildman–Crippen LogP) is 0.123. The number of urea groups is 1. The van der Waals surface area contributed by atoms with E-state index in [0.717, 1.165) is 12.8 Å². The third kappa shape index (κ3) is 5.24. The standard InChI is InChI=1S/C21H27N5O6/c1-25-19(28)18(17(32-2)11-22-25)14-7-5-13(6-8-14)10-16(20(29)30)23-21(31)24-26-9-3-4-15(26)12-27/h5-8,11,15-16,27H,3-4,9-10,12H2,1-2H3,(H,29,30)(H2,23,24,31)/t15?,16-/m0/s1. The molecule has 1 aliphatic heterocycles. The number of aliphatic carboxylic acids is 1. The predicted molar refractivity (Wildman–Crippen MR) is 115 cm³/mol. The summed E-state index contributed by atoms with van der Waals surface area (Å²) in [6.45, 7) is 0.510. The van der Waals surface area contributed by atoms with E-state index in [-0.39, 0.29) is 24.6 Å². The van der Waals surface area contributed by atoms with Crippen molar-refractivity contribution in [1.82, 2.24) is 25.5 Å². The van der Waals surface area contributed by atoms with Crippen molar-refractivity contribution in [3.63, 3.8) is 0 Å². The number of carboxylic acid groups (broad SMARTS) is 1. The first-order chi connectivity index (χ1) is 15.3. The van der Waals surface area contributed by atoms with Crippen LogP contribution in [0, 0.1) is 0 Å². The number of ether oxygens (including phenoxy) is 1. The molecule has 2 heterocycles. The van der Waals surface area contributed by atoms with E-state index in [0.29, 0.717) is 29.0 Å². The lowest BCUT2D eigenvalue weighted by molar-refractivity contribution is -0.139. The lowest BCUT2D eigenvalue weighted by Gasteiger charge is -2.24. The number of nitrogens with one attached hydrogen (secondary N) is 2. The van der Waals surface area contributed by atoms with E-state index < -0.39 is 18.0 Å². The Labute approximate surface area is 184 Å². The zero-order chi connectivity index (χ0) is 23.3. The molecule has 0 saturated carbocycles. The average molecular weight is 445 g/mol. The van der Waals surface area contributed by atoms with Crippen LogP contribution < -0.4 is 21.0 Å². The number of carboxylic acids is 1. The van der Waals surface area contributed by atoms with Crippen molar-refractivity contribution in [3.8, 4) is 16.9 Å². The number of aliphatic hydroxyl groups excluding tert-OH is 1. The van der Waals surface area contributed by atoms with Crippen LogP contribution in [0.5, 0.6) is 5.75 Å². The zero-order valence-electron chi connectivity index (χ0n) is 17.9. The minimum atomic E-state index is -1.17. The molecule has 1 aromatic heterocycles. The summed E-state index contributed by atoms with van der Waals surface area (Å²) in [5, 5.41) is 26.9. The molecule has 172 valence electrons. The SMILES string of the molecule is COc1cnn(C)c(=O)c1-c1ccc(C[C@H](NC(=O)NN2CCCC2CO)C(=O)O)cc1. The molecule has 4 N–H and O–H groups in total. The van der Waals surface area contributed by atoms with Gasteiger partial charge in [0.05, 0.1) is 31.5 Å². The van der Waals surface area contributed by atoms with Crippen molar-refractivity contribution in [1.29, 1.82) is 0 Å². The monoisotopic (exact) mass is 445 g/mol. The third-order valence-electron chi connectivity index (χ3n) is 5.44. The second-order valence-corrected chi connectivity index (χ2v) is 7.57. The minimum Gasteiger partial charge on any atom is -0.494 e. The number of aliphatic hydroxyl groups is 1. The Morgan fingerprint density at radius 2 is 2.03 bits per heavy atom. The number of amides is 2. The molecule has 0 bridgehead atoms. The quantitative estimate of drug-likeness (QED) is 0.448. The van der Waals surface area contributed by atoms with Crippen LogP contribution in [0.4, 0.5) is 4.79 Å². The summed E-state index contributed by atoms with van der Waals surface area (Å²) in [7, 11) is 2.99. The molecule has 1 fully saturated rings. The number of methoxy groups -OCH3 is 1. The van der Waals surface area contributed by atoms with Crippen molar-refractivity contribution in [2.75, 3.05) is 20.3 Å². The van der Waals surface area contributed by atoms with E-state index in [1.165, 1.54) is 18.0 Å². The number of hydrogen-bond acceptors (Lipinski definition) is 7. The minimum absolute atomic E-state index is 0.0535. The number of aromatic nitrogens is 2. The number of carbonyl (C=O) groups is 2. The number of hydrazine groups is 1. The molecule has 1 unspecified atom stereocenters. The Morgan fingerprint density at radius 3 is 2.66 bits per heavy atom. The van der Waals surface area contributed by atoms with Crippen LogP contribution in [-0.4, -0.2) is 69.3 Å². The van der Waals surface area contributed by atoms with Gasteiger partial charge in [0.15, 0.2) is 5.75 Å². The Hall–Kier alpha value is -3.44. The summed E-state index contributed by atoms with van der Waals surface area (Å²) in [6, 6.07) is 4.83. The maximum absolute atomic E-state index is 12.5. The van der Waals surface area contributed by atoms with Crippen LogP contribution >= 0.6 is 0 Å². The molecule has 11 nitrogen and oxygen atoms in total. The third-order valence-corrected chi connectivity index (χ3v) is 5.44. The van der Waals surface area contributed by atoms with Gasteiger partial charge in [0.1, 0.15) is 6.04 Å². The summed E-state index contributed by atoms with van der Waals surface area (Å²) in [4.78, 5) is 36.4. The largest absolute Gasteiger partial charge is 0.494 e. The van der Waals surface area contributed by atoms with Gasteiger partial charge in [0, 0.05) is 20.0 Å². The van der Waals surface area contributed by atoms with Crippen LogP contribution in [0.3, 0.4) is 0 Å². The van der Waals surface area contributed by atoms with E-state index in [1.807, 2.05) is 0 Å². The van der Waals surface area contributed by atoms with Gasteiger partial charge in [-0.05, 0) is 24.0 Å². The summed E-state index contributed by atoms with van der Waals surface area (Å²) in [5.41, 5.74) is 3.92. The van der Waals surface area contributed by atoms with Gasteiger partial charge in [-0.2, -0.15) is 5.10 Å². The zero-order valence-corrected chi connectivity index (χ0v) is 17.9. The molecule has 2 aromatic rings. The molecule has 0 radical (unpaired) electrons. The molecule has 0 spiro atoms. The van der Waals surface area contributed by atoms with Crippen molar-refractivity contribution in [3.05, 3.63) is 46.4 Å².